The van der Waals surface area contributed by atoms with Gasteiger partial charge in [0.25, 0.3) is 0 Å². The molecule has 1 aromatic heterocycles. The van der Waals surface area contributed by atoms with Crippen LogP contribution in [0.1, 0.15) is 18.9 Å². The van der Waals surface area contributed by atoms with Crippen LogP contribution in [-0.2, 0) is 16.0 Å². The molecule has 0 aliphatic carbocycles. The minimum atomic E-state index is -0.685. The predicted octanol–water partition coefficient (Wildman–Crippen LogP) is 4.04. The van der Waals surface area contributed by atoms with Gasteiger partial charge in [0.2, 0.25) is 16.9 Å². The van der Waals surface area contributed by atoms with Crippen molar-refractivity contribution in [2.24, 2.45) is 0 Å². The fourth-order valence-electron chi connectivity index (χ4n) is 2.53. The highest BCUT2D eigenvalue weighted by molar-refractivity contribution is 9.10. The Labute approximate surface area is 175 Å². The van der Waals surface area contributed by atoms with Crippen LogP contribution in [0.3, 0.4) is 0 Å². The van der Waals surface area contributed by atoms with Gasteiger partial charge >= 0.3 is 0 Å². The van der Waals surface area contributed by atoms with E-state index in [-0.39, 0.29) is 11.8 Å². The van der Waals surface area contributed by atoms with E-state index < -0.39 is 6.04 Å². The molecule has 0 aliphatic rings. The molecule has 2 N–H and O–H groups in total. The van der Waals surface area contributed by atoms with Gasteiger partial charge in [-0.3, -0.25) is 14.9 Å². The number of hydrogen-bond donors (Lipinski definition) is 2. The normalized spacial score (nSPS) is 11.6. The molecule has 2 amide bonds. The van der Waals surface area contributed by atoms with E-state index in [1.54, 1.807) is 6.92 Å². The number of aromatic nitrogens is 2. The number of nitrogens with zero attached hydrogens (tertiary/aromatic N) is 2. The largest absolute Gasteiger partial charge is 0.344 e. The van der Waals surface area contributed by atoms with Crippen LogP contribution < -0.4 is 10.6 Å². The average molecular weight is 459 g/mol. The van der Waals surface area contributed by atoms with E-state index in [9.17, 15) is 9.59 Å². The first-order valence-corrected chi connectivity index (χ1v) is 10.4. The molecule has 0 aliphatic heterocycles. The molecule has 3 rings (SSSR count). The van der Waals surface area contributed by atoms with Crippen LogP contribution in [0, 0.1) is 0 Å². The topological polar surface area (TPSA) is 84.0 Å². The van der Waals surface area contributed by atoms with Crippen molar-refractivity contribution in [1.29, 1.82) is 0 Å². The number of carbonyl (C=O) groups excluding carboxylic acids is 2. The van der Waals surface area contributed by atoms with Gasteiger partial charge in [0.05, 0.1) is 0 Å². The third-order valence-electron chi connectivity index (χ3n) is 4.00. The van der Waals surface area contributed by atoms with Crippen molar-refractivity contribution in [3.05, 3.63) is 64.6 Å². The van der Waals surface area contributed by atoms with Crippen molar-refractivity contribution in [3.8, 4) is 10.6 Å². The zero-order valence-corrected chi connectivity index (χ0v) is 17.6. The smallest absolute Gasteiger partial charge is 0.249 e. The maximum absolute atomic E-state index is 12.8. The SMILES string of the molecule is CCC(=O)NC(Cc1ccccc1)C(=O)Nc1nnc(-c2ccc(Br)cc2)s1. The third-order valence-corrected chi connectivity index (χ3v) is 5.42. The van der Waals surface area contributed by atoms with Crippen molar-refractivity contribution in [3.63, 3.8) is 0 Å². The Morgan fingerprint density at radius 2 is 1.79 bits per heavy atom. The van der Waals surface area contributed by atoms with Gasteiger partial charge in [-0.15, -0.1) is 10.2 Å². The molecule has 0 fully saturated rings. The average Bonchev–Trinajstić information content (AvgIpc) is 3.17. The molecule has 6 nitrogen and oxygen atoms in total. The molecule has 8 heteroatoms. The molecular formula is C20H19BrN4O2S. The van der Waals surface area contributed by atoms with E-state index in [0.29, 0.717) is 23.0 Å². The Hall–Kier alpha value is -2.58. The summed E-state index contributed by atoms with van der Waals surface area (Å²) in [5, 5.41) is 14.9. The summed E-state index contributed by atoms with van der Waals surface area (Å²) in [6.45, 7) is 1.75. The van der Waals surface area contributed by atoms with Crippen LogP contribution in [0.2, 0.25) is 0 Å². The van der Waals surface area contributed by atoms with E-state index in [1.807, 2.05) is 54.6 Å². The quantitative estimate of drug-likeness (QED) is 0.559. The van der Waals surface area contributed by atoms with Gasteiger partial charge in [0.1, 0.15) is 11.0 Å². The zero-order valence-electron chi connectivity index (χ0n) is 15.2. The summed E-state index contributed by atoms with van der Waals surface area (Å²) in [7, 11) is 0. The van der Waals surface area contributed by atoms with E-state index in [1.165, 1.54) is 11.3 Å². The second-order valence-corrected chi connectivity index (χ2v) is 7.97. The van der Waals surface area contributed by atoms with Crippen LogP contribution in [0.25, 0.3) is 10.6 Å². The molecular weight excluding hydrogens is 440 g/mol. The first-order chi connectivity index (χ1) is 13.5. The summed E-state index contributed by atoms with van der Waals surface area (Å²) >= 11 is 4.69. The number of hydrogen-bond acceptors (Lipinski definition) is 5. The minimum Gasteiger partial charge on any atom is -0.344 e. The van der Waals surface area contributed by atoms with Crippen molar-refractivity contribution < 1.29 is 9.59 Å². The summed E-state index contributed by atoms with van der Waals surface area (Å²) in [5.74, 6) is -0.493. The number of amides is 2. The summed E-state index contributed by atoms with van der Waals surface area (Å²) in [4.78, 5) is 24.6. The maximum atomic E-state index is 12.8. The fourth-order valence-corrected chi connectivity index (χ4v) is 3.55. The maximum Gasteiger partial charge on any atom is 0.249 e. The Kier molecular flexibility index (Phi) is 6.89. The van der Waals surface area contributed by atoms with Crippen molar-refractivity contribution >= 4 is 44.2 Å². The van der Waals surface area contributed by atoms with Crippen LogP contribution in [0.5, 0.6) is 0 Å². The lowest BCUT2D eigenvalue weighted by atomic mass is 10.1. The molecule has 0 radical (unpaired) electrons. The zero-order chi connectivity index (χ0) is 19.9. The van der Waals surface area contributed by atoms with Crippen LogP contribution in [0.4, 0.5) is 5.13 Å². The molecule has 0 saturated carbocycles. The molecule has 1 unspecified atom stereocenters. The number of halogens is 1. The van der Waals surface area contributed by atoms with Gasteiger partial charge in [-0.2, -0.15) is 0 Å². The first-order valence-electron chi connectivity index (χ1n) is 8.78. The second kappa shape index (κ2) is 9.57. The van der Waals surface area contributed by atoms with Gasteiger partial charge in [0.15, 0.2) is 0 Å². The van der Waals surface area contributed by atoms with Crippen LogP contribution >= 0.6 is 27.3 Å². The van der Waals surface area contributed by atoms with Gasteiger partial charge in [-0.1, -0.05) is 76.7 Å². The van der Waals surface area contributed by atoms with Gasteiger partial charge < -0.3 is 5.32 Å². The second-order valence-electron chi connectivity index (χ2n) is 6.07. The highest BCUT2D eigenvalue weighted by atomic mass is 79.9. The highest BCUT2D eigenvalue weighted by Gasteiger charge is 2.22. The molecule has 3 aromatic rings. The van der Waals surface area contributed by atoms with E-state index in [4.69, 9.17) is 0 Å². The lowest BCUT2D eigenvalue weighted by Gasteiger charge is -2.17. The van der Waals surface area contributed by atoms with Gasteiger partial charge in [0, 0.05) is 22.9 Å². The third kappa shape index (κ3) is 5.46. The monoisotopic (exact) mass is 458 g/mol. The molecule has 0 bridgehead atoms. The van der Waals surface area contributed by atoms with Gasteiger partial charge in [-0.25, -0.2) is 0 Å². The van der Waals surface area contributed by atoms with Gasteiger partial charge in [-0.05, 0) is 17.7 Å². The molecule has 0 spiro atoms. The first kappa shape index (κ1) is 20.2. The molecule has 1 heterocycles. The summed E-state index contributed by atoms with van der Waals surface area (Å²) in [6, 6.07) is 16.6. The molecule has 2 aromatic carbocycles. The Bertz CT molecular complexity index is 944. The number of anilines is 1. The van der Waals surface area contributed by atoms with Crippen LogP contribution in [0.15, 0.2) is 59.1 Å². The van der Waals surface area contributed by atoms with Crippen LogP contribution in [-0.4, -0.2) is 28.1 Å². The standard InChI is InChI=1S/C20H19BrN4O2S/c1-2-17(26)22-16(12-13-6-4-3-5-7-13)18(27)23-20-25-24-19(28-20)14-8-10-15(21)11-9-14/h3-11,16H,2,12H2,1H3,(H,22,26)(H,23,25,27). The Morgan fingerprint density at radius 1 is 1.07 bits per heavy atom. The van der Waals surface area contributed by atoms with E-state index in [2.05, 4.69) is 36.8 Å². The molecule has 0 saturated heterocycles. The molecule has 144 valence electrons. The van der Waals surface area contributed by atoms with Crippen molar-refractivity contribution in [2.45, 2.75) is 25.8 Å². The summed E-state index contributed by atoms with van der Waals surface area (Å²) in [6.07, 6.45) is 0.710. The summed E-state index contributed by atoms with van der Waals surface area (Å²) in [5.41, 5.74) is 1.88. The highest BCUT2D eigenvalue weighted by Crippen LogP contribution is 2.27. The molecule has 1 atom stereocenters. The Morgan fingerprint density at radius 3 is 2.46 bits per heavy atom. The number of carbonyl (C=O) groups is 2. The minimum absolute atomic E-state index is 0.177. The Balaban J connectivity index is 1.72. The van der Waals surface area contributed by atoms with E-state index in [0.717, 1.165) is 15.6 Å². The van der Waals surface area contributed by atoms with Crippen molar-refractivity contribution in [1.82, 2.24) is 15.5 Å². The number of benzene rings is 2. The lowest BCUT2D eigenvalue weighted by Crippen LogP contribution is -2.45. The molecule has 28 heavy (non-hydrogen) atoms. The van der Waals surface area contributed by atoms with Crippen molar-refractivity contribution in [2.75, 3.05) is 5.32 Å². The summed E-state index contributed by atoms with van der Waals surface area (Å²) < 4.78 is 0.977. The number of nitrogens with one attached hydrogen (secondary N) is 2. The fraction of sp³-hybridized carbons (Fsp3) is 0.200. The predicted molar refractivity (Wildman–Crippen MR) is 114 cm³/mol. The number of rotatable bonds is 7. The lowest BCUT2D eigenvalue weighted by molar-refractivity contribution is -0.126. The van der Waals surface area contributed by atoms with E-state index >= 15 is 0 Å².